The van der Waals surface area contributed by atoms with Crippen LogP contribution < -0.4 is 4.90 Å². The standard InChI is InChI=1S/C10H13NO3S2/c12-7-10-6-9(8-15-10)11-2-1-4-16(13,14)5-3-11/h6-8H,1-5H2. The Labute approximate surface area is 98.8 Å². The molecule has 2 rings (SSSR count). The predicted molar refractivity (Wildman–Crippen MR) is 65.2 cm³/mol. The summed E-state index contributed by atoms with van der Waals surface area (Å²) in [4.78, 5) is 13.3. The Balaban J connectivity index is 2.13. The molecule has 1 saturated heterocycles. The molecule has 4 nitrogen and oxygen atoms in total. The highest BCUT2D eigenvalue weighted by Gasteiger charge is 2.19. The number of hydrogen-bond acceptors (Lipinski definition) is 5. The number of rotatable bonds is 2. The topological polar surface area (TPSA) is 54.5 Å². The number of aldehydes is 1. The van der Waals surface area contributed by atoms with E-state index in [0.29, 0.717) is 17.8 Å². The first-order chi connectivity index (χ1) is 7.61. The molecule has 0 aliphatic carbocycles. The van der Waals surface area contributed by atoms with Crippen LogP contribution in [0.3, 0.4) is 0 Å². The molecule has 0 unspecified atom stereocenters. The molecule has 2 heterocycles. The number of thiophene rings is 1. The zero-order chi connectivity index (χ0) is 11.6. The van der Waals surface area contributed by atoms with E-state index in [-0.39, 0.29) is 11.5 Å². The second kappa shape index (κ2) is 4.55. The smallest absolute Gasteiger partial charge is 0.160 e. The lowest BCUT2D eigenvalue weighted by Gasteiger charge is -2.19. The van der Waals surface area contributed by atoms with Gasteiger partial charge in [0, 0.05) is 24.2 Å². The maximum atomic E-state index is 11.4. The first kappa shape index (κ1) is 11.6. The van der Waals surface area contributed by atoms with Gasteiger partial charge in [-0.2, -0.15) is 0 Å². The average Bonchev–Trinajstić information content (AvgIpc) is 2.64. The third-order valence-electron chi connectivity index (χ3n) is 2.64. The van der Waals surface area contributed by atoms with Crippen LogP contribution in [0.4, 0.5) is 5.69 Å². The molecule has 0 aromatic carbocycles. The molecule has 0 bridgehead atoms. The highest BCUT2D eigenvalue weighted by Crippen LogP contribution is 2.23. The molecule has 0 N–H and O–H groups in total. The maximum Gasteiger partial charge on any atom is 0.160 e. The molecule has 0 radical (unpaired) electrons. The Morgan fingerprint density at radius 2 is 2.12 bits per heavy atom. The van der Waals surface area contributed by atoms with Gasteiger partial charge in [-0.15, -0.1) is 11.3 Å². The fourth-order valence-electron chi connectivity index (χ4n) is 1.77. The van der Waals surface area contributed by atoms with Crippen molar-refractivity contribution in [3.05, 3.63) is 16.3 Å². The van der Waals surface area contributed by atoms with Crippen LogP contribution in [0.25, 0.3) is 0 Å². The van der Waals surface area contributed by atoms with E-state index < -0.39 is 9.84 Å². The maximum absolute atomic E-state index is 11.4. The van der Waals surface area contributed by atoms with Crippen LogP contribution in [-0.4, -0.2) is 39.3 Å². The van der Waals surface area contributed by atoms with Gasteiger partial charge in [0.05, 0.1) is 16.4 Å². The van der Waals surface area contributed by atoms with Crippen molar-refractivity contribution in [3.8, 4) is 0 Å². The fourth-order valence-corrected chi connectivity index (χ4v) is 3.76. The zero-order valence-corrected chi connectivity index (χ0v) is 10.4. The SMILES string of the molecule is O=Cc1cc(N2CCCS(=O)(=O)CC2)cs1. The van der Waals surface area contributed by atoms with Crippen molar-refractivity contribution in [2.75, 3.05) is 29.5 Å². The summed E-state index contributed by atoms with van der Waals surface area (Å²) in [7, 11) is -2.87. The molecule has 1 fully saturated rings. The van der Waals surface area contributed by atoms with Gasteiger partial charge in [-0.05, 0) is 12.5 Å². The summed E-state index contributed by atoms with van der Waals surface area (Å²) >= 11 is 1.39. The molecule has 0 amide bonds. The summed E-state index contributed by atoms with van der Waals surface area (Å²) in [6.07, 6.45) is 1.48. The number of carbonyl (C=O) groups excluding carboxylic acids is 1. The largest absolute Gasteiger partial charge is 0.370 e. The van der Waals surface area contributed by atoms with Crippen LogP contribution in [-0.2, 0) is 9.84 Å². The first-order valence-corrected chi connectivity index (χ1v) is 7.80. The van der Waals surface area contributed by atoms with E-state index in [1.165, 1.54) is 11.3 Å². The Morgan fingerprint density at radius 3 is 2.81 bits per heavy atom. The second-order valence-corrected chi connectivity index (χ2v) is 7.06. The minimum atomic E-state index is -2.87. The van der Waals surface area contributed by atoms with Crippen molar-refractivity contribution in [3.63, 3.8) is 0 Å². The zero-order valence-electron chi connectivity index (χ0n) is 8.76. The van der Waals surface area contributed by atoms with Gasteiger partial charge in [0.15, 0.2) is 16.1 Å². The van der Waals surface area contributed by atoms with Crippen LogP contribution >= 0.6 is 11.3 Å². The predicted octanol–water partition coefficient (Wildman–Crippen LogP) is 1.19. The van der Waals surface area contributed by atoms with E-state index in [4.69, 9.17) is 0 Å². The van der Waals surface area contributed by atoms with E-state index in [1.807, 2.05) is 16.3 Å². The van der Waals surface area contributed by atoms with E-state index in [9.17, 15) is 13.2 Å². The van der Waals surface area contributed by atoms with Gasteiger partial charge in [-0.3, -0.25) is 4.79 Å². The lowest BCUT2D eigenvalue weighted by atomic mass is 10.3. The lowest BCUT2D eigenvalue weighted by Crippen LogP contribution is -2.26. The van der Waals surface area contributed by atoms with Gasteiger partial charge in [-0.1, -0.05) is 0 Å². The average molecular weight is 259 g/mol. The molecule has 6 heteroatoms. The summed E-state index contributed by atoms with van der Waals surface area (Å²) < 4.78 is 22.9. The fraction of sp³-hybridized carbons (Fsp3) is 0.500. The Kier molecular flexibility index (Phi) is 3.30. The summed E-state index contributed by atoms with van der Waals surface area (Å²) in [5.74, 6) is 0.480. The van der Waals surface area contributed by atoms with E-state index >= 15 is 0 Å². The molecule has 16 heavy (non-hydrogen) atoms. The summed E-state index contributed by atoms with van der Waals surface area (Å²) in [5, 5.41) is 1.90. The minimum Gasteiger partial charge on any atom is -0.370 e. The highest BCUT2D eigenvalue weighted by atomic mass is 32.2. The molecule has 0 spiro atoms. The summed E-state index contributed by atoms with van der Waals surface area (Å²) in [5.41, 5.74) is 0.962. The van der Waals surface area contributed by atoms with E-state index in [1.54, 1.807) is 0 Å². The van der Waals surface area contributed by atoms with Gasteiger partial charge in [0.1, 0.15) is 0 Å². The number of nitrogens with zero attached hydrogens (tertiary/aromatic N) is 1. The molecule has 0 saturated carbocycles. The van der Waals surface area contributed by atoms with Gasteiger partial charge >= 0.3 is 0 Å². The third-order valence-corrected chi connectivity index (χ3v) is 5.20. The highest BCUT2D eigenvalue weighted by molar-refractivity contribution is 7.91. The van der Waals surface area contributed by atoms with E-state index in [0.717, 1.165) is 18.5 Å². The van der Waals surface area contributed by atoms with Crippen molar-refractivity contribution in [2.45, 2.75) is 6.42 Å². The third kappa shape index (κ3) is 2.62. The van der Waals surface area contributed by atoms with E-state index in [2.05, 4.69) is 0 Å². The molecule has 1 aromatic rings. The van der Waals surface area contributed by atoms with Crippen molar-refractivity contribution < 1.29 is 13.2 Å². The van der Waals surface area contributed by atoms with Crippen molar-refractivity contribution >= 4 is 33.1 Å². The van der Waals surface area contributed by atoms with Crippen molar-refractivity contribution in [2.24, 2.45) is 0 Å². The molecule has 1 aliphatic rings. The van der Waals surface area contributed by atoms with Crippen LogP contribution in [0.1, 0.15) is 16.1 Å². The van der Waals surface area contributed by atoms with Crippen LogP contribution in [0.15, 0.2) is 11.4 Å². The number of anilines is 1. The Hall–Kier alpha value is -0.880. The Morgan fingerprint density at radius 1 is 1.31 bits per heavy atom. The first-order valence-electron chi connectivity index (χ1n) is 5.10. The molecule has 1 aromatic heterocycles. The van der Waals surface area contributed by atoms with Crippen molar-refractivity contribution in [1.82, 2.24) is 0 Å². The van der Waals surface area contributed by atoms with Crippen molar-refractivity contribution in [1.29, 1.82) is 0 Å². The number of carbonyl (C=O) groups is 1. The van der Waals surface area contributed by atoms with Crippen LogP contribution in [0, 0.1) is 0 Å². The number of sulfone groups is 1. The number of hydrogen-bond donors (Lipinski definition) is 0. The molecular weight excluding hydrogens is 246 g/mol. The lowest BCUT2D eigenvalue weighted by molar-refractivity contribution is 0.112. The monoisotopic (exact) mass is 259 g/mol. The summed E-state index contributed by atoms with van der Waals surface area (Å²) in [6.45, 7) is 1.27. The molecule has 88 valence electrons. The Bertz CT molecular complexity index is 478. The molecular formula is C10H13NO3S2. The van der Waals surface area contributed by atoms with Gasteiger partial charge in [-0.25, -0.2) is 8.42 Å². The molecule has 0 atom stereocenters. The van der Waals surface area contributed by atoms with Gasteiger partial charge < -0.3 is 4.90 Å². The molecule has 1 aliphatic heterocycles. The van der Waals surface area contributed by atoms with Crippen LogP contribution in [0.5, 0.6) is 0 Å². The van der Waals surface area contributed by atoms with Gasteiger partial charge in [0.25, 0.3) is 0 Å². The minimum absolute atomic E-state index is 0.208. The second-order valence-electron chi connectivity index (χ2n) is 3.82. The van der Waals surface area contributed by atoms with Crippen LogP contribution in [0.2, 0.25) is 0 Å². The summed E-state index contributed by atoms with van der Waals surface area (Å²) in [6, 6.07) is 1.82. The normalized spacial score (nSPS) is 20.4. The van der Waals surface area contributed by atoms with Gasteiger partial charge in [0.2, 0.25) is 0 Å². The quantitative estimate of drug-likeness (QED) is 0.749.